The molecule has 1 aliphatic rings. The molecular formula is C11H22N2O. The van der Waals surface area contributed by atoms with Gasteiger partial charge in [0.25, 0.3) is 0 Å². The first kappa shape index (κ1) is 11.5. The van der Waals surface area contributed by atoms with Crippen LogP contribution in [-0.4, -0.2) is 30.4 Å². The van der Waals surface area contributed by atoms with Crippen LogP contribution in [0.2, 0.25) is 0 Å². The molecule has 1 amide bonds. The summed E-state index contributed by atoms with van der Waals surface area (Å²) in [5.74, 6) is 0.589. The van der Waals surface area contributed by atoms with Crippen LogP contribution in [0.4, 0.5) is 0 Å². The topological polar surface area (TPSA) is 46.3 Å². The molecule has 0 radical (unpaired) electrons. The Bertz CT molecular complexity index is 213. The van der Waals surface area contributed by atoms with Gasteiger partial charge in [-0.1, -0.05) is 13.8 Å². The van der Waals surface area contributed by atoms with Crippen molar-refractivity contribution in [3.8, 4) is 0 Å². The Labute approximate surface area is 86.6 Å². The van der Waals surface area contributed by atoms with Crippen LogP contribution in [-0.2, 0) is 4.79 Å². The van der Waals surface area contributed by atoms with Crippen molar-refractivity contribution in [1.29, 1.82) is 0 Å². The fourth-order valence-electron chi connectivity index (χ4n) is 1.82. The number of carbonyl (C=O) groups excluding carboxylic acids is 1. The second kappa shape index (κ2) is 4.30. The van der Waals surface area contributed by atoms with Crippen LogP contribution in [0.5, 0.6) is 0 Å². The highest BCUT2D eigenvalue weighted by molar-refractivity contribution is 5.82. The lowest BCUT2D eigenvalue weighted by atomic mass is 10.1. The number of amides is 1. The van der Waals surface area contributed by atoms with Gasteiger partial charge in [0, 0.05) is 19.0 Å². The van der Waals surface area contributed by atoms with E-state index in [1.807, 2.05) is 11.8 Å². The third-order valence-electron chi connectivity index (χ3n) is 3.14. The number of hydrogen-bond acceptors (Lipinski definition) is 2. The molecule has 0 spiro atoms. The van der Waals surface area contributed by atoms with Crippen molar-refractivity contribution in [2.45, 2.75) is 33.6 Å². The maximum absolute atomic E-state index is 11.9. The van der Waals surface area contributed by atoms with E-state index in [0.717, 1.165) is 25.9 Å². The summed E-state index contributed by atoms with van der Waals surface area (Å²) in [6.45, 7) is 8.64. The SMILES string of the molecule is CCN(CCCN)C(=O)C1CC1(C)C. The van der Waals surface area contributed by atoms with Gasteiger partial charge >= 0.3 is 0 Å². The lowest BCUT2D eigenvalue weighted by Crippen LogP contribution is -2.34. The molecule has 1 atom stereocenters. The average Bonchev–Trinajstić information content (AvgIpc) is 2.76. The summed E-state index contributed by atoms with van der Waals surface area (Å²) < 4.78 is 0. The van der Waals surface area contributed by atoms with Gasteiger partial charge in [0.2, 0.25) is 5.91 Å². The molecule has 1 rings (SSSR count). The normalized spacial score (nSPS) is 23.3. The van der Waals surface area contributed by atoms with Crippen molar-refractivity contribution < 1.29 is 4.79 Å². The predicted molar refractivity (Wildman–Crippen MR) is 57.8 cm³/mol. The molecular weight excluding hydrogens is 176 g/mol. The average molecular weight is 198 g/mol. The van der Waals surface area contributed by atoms with Gasteiger partial charge in [-0.2, -0.15) is 0 Å². The Balaban J connectivity index is 2.41. The lowest BCUT2D eigenvalue weighted by molar-refractivity contribution is -0.133. The first-order valence-corrected chi connectivity index (χ1v) is 5.51. The van der Waals surface area contributed by atoms with Gasteiger partial charge in [0.05, 0.1) is 0 Å². The molecule has 3 heteroatoms. The highest BCUT2D eigenvalue weighted by Gasteiger charge is 2.51. The minimum atomic E-state index is 0.243. The zero-order valence-electron chi connectivity index (χ0n) is 9.55. The summed E-state index contributed by atoms with van der Waals surface area (Å²) in [7, 11) is 0. The maximum atomic E-state index is 11.9. The van der Waals surface area contributed by atoms with E-state index in [9.17, 15) is 4.79 Å². The monoisotopic (exact) mass is 198 g/mol. The Kier molecular flexibility index (Phi) is 3.53. The van der Waals surface area contributed by atoms with Crippen LogP contribution in [0.3, 0.4) is 0 Å². The molecule has 0 aliphatic heterocycles. The van der Waals surface area contributed by atoms with Gasteiger partial charge in [-0.15, -0.1) is 0 Å². The van der Waals surface area contributed by atoms with Crippen LogP contribution in [0.1, 0.15) is 33.6 Å². The summed E-state index contributed by atoms with van der Waals surface area (Å²) in [5.41, 5.74) is 5.68. The number of rotatable bonds is 5. The fraction of sp³-hybridized carbons (Fsp3) is 0.909. The smallest absolute Gasteiger partial charge is 0.226 e. The largest absolute Gasteiger partial charge is 0.343 e. The molecule has 0 aromatic rings. The van der Waals surface area contributed by atoms with Crippen molar-refractivity contribution >= 4 is 5.91 Å². The van der Waals surface area contributed by atoms with E-state index in [2.05, 4.69) is 13.8 Å². The minimum absolute atomic E-state index is 0.243. The summed E-state index contributed by atoms with van der Waals surface area (Å²) in [6.07, 6.45) is 1.96. The Morgan fingerprint density at radius 1 is 1.57 bits per heavy atom. The zero-order chi connectivity index (χ0) is 10.8. The molecule has 0 bridgehead atoms. The molecule has 14 heavy (non-hydrogen) atoms. The first-order chi connectivity index (χ1) is 6.53. The molecule has 3 nitrogen and oxygen atoms in total. The Hall–Kier alpha value is -0.570. The highest BCUT2D eigenvalue weighted by atomic mass is 16.2. The molecule has 1 saturated carbocycles. The molecule has 82 valence electrons. The van der Waals surface area contributed by atoms with Crippen LogP contribution in [0.15, 0.2) is 0 Å². The van der Waals surface area contributed by atoms with Crippen LogP contribution in [0, 0.1) is 11.3 Å². The molecule has 0 aromatic heterocycles. The number of hydrogen-bond donors (Lipinski definition) is 1. The number of nitrogens with two attached hydrogens (primary N) is 1. The van der Waals surface area contributed by atoms with Crippen molar-refractivity contribution in [3.05, 3.63) is 0 Å². The molecule has 1 aliphatic carbocycles. The molecule has 1 fully saturated rings. The van der Waals surface area contributed by atoms with Crippen LogP contribution < -0.4 is 5.73 Å². The maximum Gasteiger partial charge on any atom is 0.226 e. The zero-order valence-corrected chi connectivity index (χ0v) is 9.55. The summed E-state index contributed by atoms with van der Waals surface area (Å²) in [4.78, 5) is 13.9. The Morgan fingerprint density at radius 2 is 2.14 bits per heavy atom. The molecule has 1 unspecified atom stereocenters. The van der Waals surface area contributed by atoms with E-state index in [1.54, 1.807) is 0 Å². The third kappa shape index (κ3) is 2.47. The first-order valence-electron chi connectivity index (χ1n) is 5.51. The second-order valence-electron chi connectivity index (χ2n) is 4.81. The van der Waals surface area contributed by atoms with Gasteiger partial charge in [-0.25, -0.2) is 0 Å². The Morgan fingerprint density at radius 3 is 2.50 bits per heavy atom. The fourth-order valence-corrected chi connectivity index (χ4v) is 1.82. The standard InChI is InChI=1S/C11H22N2O/c1-4-13(7-5-6-12)10(14)9-8-11(9,2)3/h9H,4-8,12H2,1-3H3. The lowest BCUT2D eigenvalue weighted by Gasteiger charge is -2.21. The molecule has 0 saturated heterocycles. The van der Waals surface area contributed by atoms with Gasteiger partial charge < -0.3 is 10.6 Å². The van der Waals surface area contributed by atoms with Crippen LogP contribution >= 0.6 is 0 Å². The van der Waals surface area contributed by atoms with E-state index < -0.39 is 0 Å². The second-order valence-corrected chi connectivity index (χ2v) is 4.81. The van der Waals surface area contributed by atoms with Crippen molar-refractivity contribution in [3.63, 3.8) is 0 Å². The van der Waals surface area contributed by atoms with E-state index in [4.69, 9.17) is 5.73 Å². The summed E-state index contributed by atoms with van der Waals surface area (Å²) in [5, 5.41) is 0. The number of carbonyl (C=O) groups is 1. The highest BCUT2D eigenvalue weighted by Crippen LogP contribution is 2.52. The van der Waals surface area contributed by atoms with Gasteiger partial charge in [-0.3, -0.25) is 4.79 Å². The van der Waals surface area contributed by atoms with E-state index in [-0.39, 0.29) is 11.3 Å². The van der Waals surface area contributed by atoms with Crippen molar-refractivity contribution in [2.75, 3.05) is 19.6 Å². The van der Waals surface area contributed by atoms with E-state index in [0.29, 0.717) is 12.5 Å². The molecule has 0 heterocycles. The minimum Gasteiger partial charge on any atom is -0.343 e. The third-order valence-corrected chi connectivity index (χ3v) is 3.14. The van der Waals surface area contributed by atoms with Crippen LogP contribution in [0.25, 0.3) is 0 Å². The van der Waals surface area contributed by atoms with Crippen molar-refractivity contribution in [1.82, 2.24) is 4.90 Å². The van der Waals surface area contributed by atoms with Gasteiger partial charge in [-0.05, 0) is 31.7 Å². The quantitative estimate of drug-likeness (QED) is 0.722. The van der Waals surface area contributed by atoms with Crippen molar-refractivity contribution in [2.24, 2.45) is 17.1 Å². The predicted octanol–water partition coefficient (Wildman–Crippen LogP) is 1.23. The van der Waals surface area contributed by atoms with Gasteiger partial charge in [0.15, 0.2) is 0 Å². The molecule has 2 N–H and O–H groups in total. The number of nitrogens with zero attached hydrogens (tertiary/aromatic N) is 1. The van der Waals surface area contributed by atoms with E-state index >= 15 is 0 Å². The van der Waals surface area contributed by atoms with E-state index in [1.165, 1.54) is 0 Å². The summed E-state index contributed by atoms with van der Waals surface area (Å²) >= 11 is 0. The van der Waals surface area contributed by atoms with Gasteiger partial charge in [0.1, 0.15) is 0 Å². The molecule has 0 aromatic carbocycles. The summed E-state index contributed by atoms with van der Waals surface area (Å²) in [6, 6.07) is 0.